The summed E-state index contributed by atoms with van der Waals surface area (Å²) in [7, 11) is 1.65. The molecule has 0 spiro atoms. The Morgan fingerprint density at radius 2 is 2.03 bits per heavy atom. The fourth-order valence-electron chi connectivity index (χ4n) is 4.37. The minimum atomic E-state index is -0.315. The zero-order valence-corrected chi connectivity index (χ0v) is 19.0. The van der Waals surface area contributed by atoms with E-state index in [-0.39, 0.29) is 12.1 Å². The van der Waals surface area contributed by atoms with E-state index in [1.54, 1.807) is 18.4 Å². The summed E-state index contributed by atoms with van der Waals surface area (Å²) in [5.74, 6) is 0.749. The summed E-state index contributed by atoms with van der Waals surface area (Å²) in [4.78, 5) is 15.9. The molecule has 3 aromatic rings. The van der Waals surface area contributed by atoms with E-state index in [0.717, 1.165) is 52.4 Å². The summed E-state index contributed by atoms with van der Waals surface area (Å²) < 4.78 is 6.47. The van der Waals surface area contributed by atoms with E-state index in [1.165, 1.54) is 20.9 Å². The van der Waals surface area contributed by atoms with Gasteiger partial charge in [0.2, 0.25) is 0 Å². The van der Waals surface area contributed by atoms with Crippen LogP contribution in [0.1, 0.15) is 38.1 Å². The van der Waals surface area contributed by atoms with Gasteiger partial charge < -0.3 is 20.3 Å². The molecule has 0 saturated heterocycles. The molecule has 0 saturated carbocycles. The van der Waals surface area contributed by atoms with Crippen LogP contribution >= 0.6 is 27.3 Å². The van der Waals surface area contributed by atoms with E-state index in [4.69, 9.17) is 4.74 Å². The van der Waals surface area contributed by atoms with Crippen molar-refractivity contribution in [1.29, 1.82) is 0 Å². The number of methoxy groups -OCH3 is 1. The van der Waals surface area contributed by atoms with Crippen LogP contribution in [-0.4, -0.2) is 19.6 Å². The molecule has 3 heterocycles. The molecular weight excluding hydrogens is 462 g/mol. The first-order chi connectivity index (χ1) is 14.6. The van der Waals surface area contributed by atoms with Gasteiger partial charge in [-0.1, -0.05) is 46.3 Å². The van der Waals surface area contributed by atoms with Crippen molar-refractivity contribution in [2.45, 2.75) is 25.7 Å². The molecule has 30 heavy (non-hydrogen) atoms. The van der Waals surface area contributed by atoms with Gasteiger partial charge in [-0.25, -0.2) is 0 Å². The zero-order valence-electron chi connectivity index (χ0n) is 16.6. The van der Waals surface area contributed by atoms with Gasteiger partial charge in [0.1, 0.15) is 30.0 Å². The molecule has 1 amide bonds. The summed E-state index contributed by atoms with van der Waals surface area (Å²) in [6.07, 6.45) is 0.619. The Morgan fingerprint density at radius 3 is 2.83 bits per heavy atom. The number of amides is 1. The first-order valence-electron chi connectivity index (χ1n) is 10.0. The predicted octanol–water partition coefficient (Wildman–Crippen LogP) is 3.51. The van der Waals surface area contributed by atoms with Crippen LogP contribution in [0.25, 0.3) is 0 Å². The second-order valence-electron chi connectivity index (χ2n) is 7.73. The second kappa shape index (κ2) is 8.06. The summed E-state index contributed by atoms with van der Waals surface area (Å²) in [6.45, 7) is 3.02. The van der Waals surface area contributed by atoms with Crippen LogP contribution in [0.2, 0.25) is 0 Å². The third kappa shape index (κ3) is 3.62. The predicted molar refractivity (Wildman–Crippen MR) is 122 cm³/mol. The van der Waals surface area contributed by atoms with E-state index >= 15 is 0 Å². The second-order valence-corrected chi connectivity index (χ2v) is 9.75. The number of carbonyl (C=O) groups excluding carboxylic acids is 1. The van der Waals surface area contributed by atoms with Gasteiger partial charge in [0.15, 0.2) is 0 Å². The van der Waals surface area contributed by atoms with Crippen molar-refractivity contribution in [3.63, 3.8) is 0 Å². The first kappa shape index (κ1) is 19.6. The lowest BCUT2D eigenvalue weighted by atomic mass is 10.00. The average molecular weight is 485 g/mol. The number of fused-ring (bicyclic) bond motifs is 3. The Bertz CT molecular complexity index is 1100. The normalized spacial score (nSPS) is 20.0. The highest BCUT2D eigenvalue weighted by Crippen LogP contribution is 2.40. The Kier molecular flexibility index (Phi) is 5.26. The van der Waals surface area contributed by atoms with Crippen LogP contribution in [0.5, 0.6) is 5.75 Å². The molecule has 7 heteroatoms. The minimum absolute atomic E-state index is 0.000196. The van der Waals surface area contributed by atoms with Crippen LogP contribution in [0.4, 0.5) is 5.00 Å². The maximum absolute atomic E-state index is 13.1. The van der Waals surface area contributed by atoms with E-state index in [1.807, 2.05) is 18.2 Å². The number of hydrogen-bond acceptors (Lipinski definition) is 4. The molecule has 5 rings (SSSR count). The summed E-state index contributed by atoms with van der Waals surface area (Å²) in [6, 6.07) is 16.5. The van der Waals surface area contributed by atoms with Gasteiger partial charge in [-0.3, -0.25) is 4.79 Å². The SMILES string of the molecule is COc1ccc(Br)cc1C1NC(=O)c2c(sc3c2CC[NH+](Cc2ccccc2)C3)N1. The van der Waals surface area contributed by atoms with E-state index in [9.17, 15) is 4.79 Å². The van der Waals surface area contributed by atoms with Gasteiger partial charge >= 0.3 is 0 Å². The van der Waals surface area contributed by atoms with E-state index in [0.29, 0.717) is 0 Å². The van der Waals surface area contributed by atoms with Gasteiger partial charge in [0.05, 0.1) is 24.1 Å². The number of benzene rings is 2. The molecule has 2 aromatic carbocycles. The Balaban J connectivity index is 1.41. The Hall–Kier alpha value is -2.35. The average Bonchev–Trinajstić information content (AvgIpc) is 3.12. The quantitative estimate of drug-likeness (QED) is 0.530. The number of quaternary nitrogens is 1. The minimum Gasteiger partial charge on any atom is -0.496 e. The molecule has 0 aliphatic carbocycles. The Labute approximate surface area is 188 Å². The molecule has 0 bridgehead atoms. The van der Waals surface area contributed by atoms with Crippen molar-refractivity contribution in [2.24, 2.45) is 0 Å². The molecule has 154 valence electrons. The molecule has 0 radical (unpaired) electrons. The number of anilines is 1. The van der Waals surface area contributed by atoms with Crippen LogP contribution in [0.15, 0.2) is 53.0 Å². The maximum Gasteiger partial charge on any atom is 0.256 e. The van der Waals surface area contributed by atoms with Crippen LogP contribution in [0, 0.1) is 0 Å². The van der Waals surface area contributed by atoms with Crippen molar-refractivity contribution in [3.05, 3.63) is 80.1 Å². The molecule has 2 unspecified atom stereocenters. The van der Waals surface area contributed by atoms with Crippen molar-refractivity contribution in [3.8, 4) is 5.75 Å². The van der Waals surface area contributed by atoms with Crippen molar-refractivity contribution >= 4 is 38.2 Å². The van der Waals surface area contributed by atoms with Gasteiger partial charge in [-0.2, -0.15) is 0 Å². The van der Waals surface area contributed by atoms with Gasteiger partial charge in [0.25, 0.3) is 5.91 Å². The highest BCUT2D eigenvalue weighted by molar-refractivity contribution is 9.10. The summed E-state index contributed by atoms with van der Waals surface area (Å²) in [5, 5.41) is 7.64. The number of ether oxygens (including phenoxy) is 1. The Morgan fingerprint density at radius 1 is 1.20 bits per heavy atom. The van der Waals surface area contributed by atoms with E-state index < -0.39 is 0 Å². The summed E-state index contributed by atoms with van der Waals surface area (Å²) in [5.41, 5.74) is 4.32. The van der Waals surface area contributed by atoms with Crippen LogP contribution in [-0.2, 0) is 19.5 Å². The van der Waals surface area contributed by atoms with Crippen molar-refractivity contribution in [2.75, 3.05) is 19.0 Å². The third-order valence-corrected chi connectivity index (χ3v) is 7.46. The largest absolute Gasteiger partial charge is 0.496 e. The van der Waals surface area contributed by atoms with Crippen molar-refractivity contribution in [1.82, 2.24) is 5.32 Å². The third-order valence-electron chi connectivity index (χ3n) is 5.81. The number of carbonyl (C=O) groups is 1. The molecule has 1 aromatic heterocycles. The standard InChI is InChI=1S/C23H22BrN3O2S/c1-29-18-8-7-15(24)11-17(18)21-25-22(28)20-16-9-10-27(12-14-5-3-2-4-6-14)13-19(16)30-23(20)26-21/h2-8,11,21,26H,9-10,12-13H2,1H3,(H,25,28)/p+1. The number of rotatable bonds is 4. The van der Waals surface area contributed by atoms with Gasteiger partial charge in [-0.05, 0) is 23.8 Å². The smallest absolute Gasteiger partial charge is 0.256 e. The number of thiophene rings is 1. The fourth-order valence-corrected chi connectivity index (χ4v) is 6.09. The highest BCUT2D eigenvalue weighted by Gasteiger charge is 2.35. The fraction of sp³-hybridized carbons (Fsp3) is 0.261. The van der Waals surface area contributed by atoms with Crippen LogP contribution in [0.3, 0.4) is 0 Å². The monoisotopic (exact) mass is 484 g/mol. The molecule has 0 fully saturated rings. The van der Waals surface area contributed by atoms with Gasteiger partial charge in [0, 0.05) is 22.0 Å². The van der Waals surface area contributed by atoms with Crippen LogP contribution < -0.4 is 20.3 Å². The zero-order chi connectivity index (χ0) is 20.7. The van der Waals surface area contributed by atoms with Crippen molar-refractivity contribution < 1.29 is 14.4 Å². The molecule has 5 nitrogen and oxygen atoms in total. The first-order valence-corrected chi connectivity index (χ1v) is 11.7. The topological polar surface area (TPSA) is 54.8 Å². The molecular formula is C23H23BrN3O2S+. The number of halogens is 1. The molecule has 3 N–H and O–H groups in total. The number of hydrogen-bond donors (Lipinski definition) is 3. The lowest BCUT2D eigenvalue weighted by Gasteiger charge is -2.28. The lowest BCUT2D eigenvalue weighted by Crippen LogP contribution is -3.10. The summed E-state index contributed by atoms with van der Waals surface area (Å²) >= 11 is 5.25. The number of nitrogens with one attached hydrogen (secondary N) is 3. The molecule has 2 atom stereocenters. The van der Waals surface area contributed by atoms with E-state index in [2.05, 4.69) is 56.9 Å². The molecule has 2 aliphatic heterocycles. The highest BCUT2D eigenvalue weighted by atomic mass is 79.9. The molecule has 2 aliphatic rings. The maximum atomic E-state index is 13.1. The lowest BCUT2D eigenvalue weighted by molar-refractivity contribution is -0.929. The van der Waals surface area contributed by atoms with Gasteiger partial charge in [-0.15, -0.1) is 11.3 Å².